The number of hydrogen-bond donors (Lipinski definition) is 1. The molecule has 5 nitrogen and oxygen atoms in total. The van der Waals surface area contributed by atoms with Crippen molar-refractivity contribution >= 4 is 11.8 Å². The number of methoxy groups -OCH3 is 1. The third-order valence-electron chi connectivity index (χ3n) is 3.41. The fourth-order valence-corrected chi connectivity index (χ4v) is 2.13. The van der Waals surface area contributed by atoms with Crippen molar-refractivity contribution in [1.29, 1.82) is 0 Å². The number of ether oxygens (including phenoxy) is 1. The van der Waals surface area contributed by atoms with Gasteiger partial charge in [-0.1, -0.05) is 24.3 Å². The zero-order chi connectivity index (χ0) is 16.8. The molecule has 120 valence electrons. The van der Waals surface area contributed by atoms with Gasteiger partial charge in [0, 0.05) is 26.2 Å². The molecule has 0 saturated carbocycles. The molecule has 0 spiro atoms. The van der Waals surface area contributed by atoms with E-state index >= 15 is 0 Å². The molecule has 23 heavy (non-hydrogen) atoms. The van der Waals surface area contributed by atoms with Crippen molar-refractivity contribution in [2.75, 3.05) is 21.2 Å². The number of nitrogens with zero attached hydrogens (tertiary/aromatic N) is 1. The molecule has 0 bridgehead atoms. The van der Waals surface area contributed by atoms with Gasteiger partial charge in [-0.15, -0.1) is 0 Å². The highest BCUT2D eigenvalue weighted by atomic mass is 16.5. The molecule has 0 fully saturated rings. The molecule has 2 rings (SSSR count). The lowest BCUT2D eigenvalue weighted by Gasteiger charge is -2.11. The smallest absolute Gasteiger partial charge is 0.255 e. The van der Waals surface area contributed by atoms with Crippen LogP contribution in [0.3, 0.4) is 0 Å². The van der Waals surface area contributed by atoms with E-state index in [1.165, 1.54) is 12.0 Å². The van der Waals surface area contributed by atoms with Crippen LogP contribution in [0.2, 0.25) is 0 Å². The Balaban J connectivity index is 2.01. The van der Waals surface area contributed by atoms with E-state index in [0.717, 1.165) is 5.56 Å². The highest BCUT2D eigenvalue weighted by molar-refractivity contribution is 5.97. The molecule has 2 aromatic carbocycles. The minimum atomic E-state index is -0.198. The lowest BCUT2D eigenvalue weighted by molar-refractivity contribution is 0.0827. The maximum atomic E-state index is 12.2. The summed E-state index contributed by atoms with van der Waals surface area (Å²) in [6.45, 7) is 0.382. The number of para-hydroxylation sites is 1. The summed E-state index contributed by atoms with van der Waals surface area (Å²) < 4.78 is 5.18. The van der Waals surface area contributed by atoms with Gasteiger partial charge in [0.15, 0.2) is 0 Å². The Kier molecular flexibility index (Phi) is 5.36. The number of carbonyl (C=O) groups excluding carboxylic acids is 2. The Labute approximate surface area is 135 Å². The first-order valence-electron chi connectivity index (χ1n) is 7.24. The van der Waals surface area contributed by atoms with Crippen LogP contribution < -0.4 is 10.1 Å². The SMILES string of the molecule is COc1ccccc1C(=O)NCc1ccc(C(=O)N(C)C)cc1. The number of rotatable bonds is 5. The molecule has 0 radical (unpaired) electrons. The highest BCUT2D eigenvalue weighted by Gasteiger charge is 2.11. The summed E-state index contributed by atoms with van der Waals surface area (Å²) in [5.74, 6) is 0.294. The molecule has 2 amide bonds. The molecule has 0 aliphatic carbocycles. The molecule has 0 atom stereocenters. The Morgan fingerprint density at radius 3 is 2.30 bits per heavy atom. The minimum absolute atomic E-state index is 0.0467. The maximum Gasteiger partial charge on any atom is 0.255 e. The fourth-order valence-electron chi connectivity index (χ4n) is 2.13. The van der Waals surface area contributed by atoms with E-state index in [9.17, 15) is 9.59 Å². The summed E-state index contributed by atoms with van der Waals surface area (Å²) in [7, 11) is 4.96. The minimum Gasteiger partial charge on any atom is -0.496 e. The number of carbonyl (C=O) groups is 2. The van der Waals surface area contributed by atoms with Crippen LogP contribution in [0.15, 0.2) is 48.5 Å². The van der Waals surface area contributed by atoms with E-state index < -0.39 is 0 Å². The van der Waals surface area contributed by atoms with Crippen molar-refractivity contribution in [3.8, 4) is 5.75 Å². The van der Waals surface area contributed by atoms with Crippen molar-refractivity contribution < 1.29 is 14.3 Å². The van der Waals surface area contributed by atoms with E-state index in [0.29, 0.717) is 23.4 Å². The van der Waals surface area contributed by atoms with Gasteiger partial charge in [-0.2, -0.15) is 0 Å². The van der Waals surface area contributed by atoms with Crippen LogP contribution in [0.4, 0.5) is 0 Å². The average Bonchev–Trinajstić information content (AvgIpc) is 2.59. The molecule has 0 unspecified atom stereocenters. The molecular formula is C18H20N2O3. The normalized spacial score (nSPS) is 10.0. The summed E-state index contributed by atoms with van der Waals surface area (Å²) in [5, 5.41) is 2.85. The van der Waals surface area contributed by atoms with Crippen LogP contribution in [0.1, 0.15) is 26.3 Å². The summed E-state index contributed by atoms with van der Waals surface area (Å²) in [4.78, 5) is 25.6. The molecule has 0 aliphatic heterocycles. The number of nitrogens with one attached hydrogen (secondary N) is 1. The number of benzene rings is 2. The molecule has 2 aromatic rings. The van der Waals surface area contributed by atoms with E-state index in [2.05, 4.69) is 5.32 Å². The van der Waals surface area contributed by atoms with E-state index in [1.807, 2.05) is 18.2 Å². The van der Waals surface area contributed by atoms with Gasteiger partial charge in [0.1, 0.15) is 5.75 Å². The molecule has 0 aliphatic rings. The zero-order valence-electron chi connectivity index (χ0n) is 13.5. The van der Waals surface area contributed by atoms with Crippen molar-refractivity contribution in [1.82, 2.24) is 10.2 Å². The van der Waals surface area contributed by atoms with Crippen LogP contribution in [-0.4, -0.2) is 37.9 Å². The van der Waals surface area contributed by atoms with Gasteiger partial charge < -0.3 is 15.0 Å². The monoisotopic (exact) mass is 312 g/mol. The standard InChI is InChI=1S/C18H20N2O3/c1-20(2)18(22)14-10-8-13(9-11-14)12-19-17(21)15-6-4-5-7-16(15)23-3/h4-11H,12H2,1-3H3,(H,19,21). The molecule has 0 aromatic heterocycles. The molecular weight excluding hydrogens is 292 g/mol. The first kappa shape index (κ1) is 16.5. The summed E-state index contributed by atoms with van der Waals surface area (Å²) in [5.41, 5.74) is 2.03. The number of amides is 2. The van der Waals surface area contributed by atoms with Crippen molar-refractivity contribution in [2.45, 2.75) is 6.54 Å². The van der Waals surface area contributed by atoms with Gasteiger partial charge in [0.25, 0.3) is 11.8 Å². The van der Waals surface area contributed by atoms with Gasteiger partial charge >= 0.3 is 0 Å². The zero-order valence-corrected chi connectivity index (χ0v) is 13.5. The van der Waals surface area contributed by atoms with Crippen molar-refractivity contribution in [2.24, 2.45) is 0 Å². The lowest BCUT2D eigenvalue weighted by Crippen LogP contribution is -2.24. The second-order valence-electron chi connectivity index (χ2n) is 5.28. The predicted molar refractivity (Wildman–Crippen MR) is 88.6 cm³/mol. The topological polar surface area (TPSA) is 58.6 Å². The Bertz CT molecular complexity index is 694. The highest BCUT2D eigenvalue weighted by Crippen LogP contribution is 2.17. The van der Waals surface area contributed by atoms with Crippen LogP contribution in [-0.2, 0) is 6.54 Å². The van der Waals surface area contributed by atoms with Gasteiger partial charge in [-0.3, -0.25) is 9.59 Å². The Morgan fingerprint density at radius 1 is 1.04 bits per heavy atom. The van der Waals surface area contributed by atoms with Gasteiger partial charge in [-0.05, 0) is 29.8 Å². The van der Waals surface area contributed by atoms with Crippen LogP contribution >= 0.6 is 0 Å². The van der Waals surface area contributed by atoms with Gasteiger partial charge in [-0.25, -0.2) is 0 Å². The maximum absolute atomic E-state index is 12.2. The van der Waals surface area contributed by atoms with Crippen molar-refractivity contribution in [3.05, 3.63) is 65.2 Å². The third kappa shape index (κ3) is 4.10. The van der Waals surface area contributed by atoms with E-state index in [-0.39, 0.29) is 11.8 Å². The molecule has 5 heteroatoms. The number of hydrogen-bond acceptors (Lipinski definition) is 3. The quantitative estimate of drug-likeness (QED) is 0.922. The predicted octanol–water partition coefficient (Wildman–Crippen LogP) is 2.33. The van der Waals surface area contributed by atoms with Crippen LogP contribution in [0.5, 0.6) is 5.75 Å². The average molecular weight is 312 g/mol. The first-order valence-corrected chi connectivity index (χ1v) is 7.24. The van der Waals surface area contributed by atoms with Gasteiger partial charge in [0.05, 0.1) is 12.7 Å². The summed E-state index contributed by atoms with van der Waals surface area (Å²) >= 11 is 0. The van der Waals surface area contributed by atoms with E-state index in [4.69, 9.17) is 4.74 Å². The van der Waals surface area contributed by atoms with Crippen LogP contribution in [0.25, 0.3) is 0 Å². The first-order chi connectivity index (χ1) is 11.0. The Hall–Kier alpha value is -2.82. The van der Waals surface area contributed by atoms with E-state index in [1.54, 1.807) is 44.4 Å². The summed E-state index contributed by atoms with van der Waals surface area (Å²) in [6, 6.07) is 14.2. The second-order valence-corrected chi connectivity index (χ2v) is 5.28. The second kappa shape index (κ2) is 7.45. The molecule has 0 heterocycles. The molecule has 0 saturated heterocycles. The molecule has 1 N–H and O–H groups in total. The van der Waals surface area contributed by atoms with Crippen LogP contribution in [0, 0.1) is 0 Å². The largest absolute Gasteiger partial charge is 0.496 e. The Morgan fingerprint density at radius 2 is 1.70 bits per heavy atom. The van der Waals surface area contributed by atoms with Gasteiger partial charge in [0.2, 0.25) is 0 Å². The summed E-state index contributed by atoms with van der Waals surface area (Å²) in [6.07, 6.45) is 0. The lowest BCUT2D eigenvalue weighted by atomic mass is 10.1. The third-order valence-corrected chi connectivity index (χ3v) is 3.41. The fraction of sp³-hybridized carbons (Fsp3) is 0.222. The van der Waals surface area contributed by atoms with Crippen molar-refractivity contribution in [3.63, 3.8) is 0 Å².